The van der Waals surface area contributed by atoms with Crippen LogP contribution in [0.15, 0.2) is 12.3 Å². The molecule has 17 heavy (non-hydrogen) atoms. The Bertz CT molecular complexity index is 325. The molecule has 98 valence electrons. The molecule has 0 unspecified atom stereocenters. The predicted molar refractivity (Wildman–Crippen MR) is 62.7 cm³/mol. The molecule has 0 radical (unpaired) electrons. The van der Waals surface area contributed by atoms with Crippen LogP contribution in [0, 0.1) is 0 Å². The molecule has 0 saturated heterocycles. The summed E-state index contributed by atoms with van der Waals surface area (Å²) >= 11 is -0.0124. The number of rotatable bonds is 7. The first-order valence-corrected chi connectivity index (χ1v) is 6.43. The number of thioether (sulfide) groups is 1. The largest absolute Gasteiger partial charge is 0.441 e. The predicted octanol–water partition coefficient (Wildman–Crippen LogP) is 2.64. The van der Waals surface area contributed by atoms with Crippen LogP contribution in [0.2, 0.25) is 0 Å². The molecule has 1 aromatic heterocycles. The topological polar surface area (TPSA) is 29.9 Å². The average molecular weight is 267 g/mol. The first-order chi connectivity index (χ1) is 8.03. The summed E-state index contributed by atoms with van der Waals surface area (Å²) in [6.45, 7) is 3.87. The summed E-state index contributed by atoms with van der Waals surface area (Å²) in [4.78, 5) is 0. The number of halogens is 3. The standard InChI is InChI=1S/C10H16F3N3S/c1-2-4-14-8-9-3-5-15-16(9)6-7-17-10(11,12)13/h3,5,14H,2,4,6-8H2,1H3. The summed E-state index contributed by atoms with van der Waals surface area (Å²) in [6.07, 6.45) is 2.64. The maximum atomic E-state index is 12.0. The zero-order valence-electron chi connectivity index (χ0n) is 9.63. The lowest BCUT2D eigenvalue weighted by molar-refractivity contribution is -0.0328. The van der Waals surface area contributed by atoms with E-state index in [2.05, 4.69) is 17.3 Å². The van der Waals surface area contributed by atoms with E-state index in [4.69, 9.17) is 0 Å². The number of hydrogen-bond acceptors (Lipinski definition) is 3. The van der Waals surface area contributed by atoms with Crippen molar-refractivity contribution in [2.24, 2.45) is 0 Å². The highest BCUT2D eigenvalue weighted by molar-refractivity contribution is 8.00. The van der Waals surface area contributed by atoms with Gasteiger partial charge in [0.2, 0.25) is 0 Å². The Morgan fingerprint density at radius 3 is 2.88 bits per heavy atom. The lowest BCUT2D eigenvalue weighted by Crippen LogP contribution is -2.18. The molecular formula is C10H16F3N3S. The van der Waals surface area contributed by atoms with Crippen LogP contribution >= 0.6 is 11.8 Å². The Morgan fingerprint density at radius 2 is 2.24 bits per heavy atom. The minimum absolute atomic E-state index is 0.00798. The third-order valence-corrected chi connectivity index (χ3v) is 2.82. The fourth-order valence-electron chi connectivity index (χ4n) is 1.35. The molecule has 0 fully saturated rings. The molecule has 3 nitrogen and oxygen atoms in total. The lowest BCUT2D eigenvalue weighted by Gasteiger charge is -2.09. The lowest BCUT2D eigenvalue weighted by atomic mass is 10.4. The summed E-state index contributed by atoms with van der Waals surface area (Å²) in [5.74, 6) is -0.00798. The van der Waals surface area contributed by atoms with Gasteiger partial charge in [-0.25, -0.2) is 0 Å². The minimum Gasteiger partial charge on any atom is -0.311 e. The zero-order chi connectivity index (χ0) is 12.7. The van der Waals surface area contributed by atoms with E-state index in [0.29, 0.717) is 6.54 Å². The summed E-state index contributed by atoms with van der Waals surface area (Å²) in [7, 11) is 0. The van der Waals surface area contributed by atoms with Gasteiger partial charge in [0.15, 0.2) is 0 Å². The van der Waals surface area contributed by atoms with Gasteiger partial charge in [0.1, 0.15) is 0 Å². The minimum atomic E-state index is -4.16. The number of alkyl halides is 3. The van der Waals surface area contributed by atoms with Crippen LogP contribution in [0.3, 0.4) is 0 Å². The van der Waals surface area contributed by atoms with Crippen molar-refractivity contribution in [1.29, 1.82) is 0 Å². The second kappa shape index (κ2) is 6.90. The molecular weight excluding hydrogens is 251 g/mol. The van der Waals surface area contributed by atoms with Gasteiger partial charge in [0.25, 0.3) is 0 Å². The third kappa shape index (κ3) is 5.97. The van der Waals surface area contributed by atoms with E-state index in [1.165, 1.54) is 0 Å². The van der Waals surface area contributed by atoms with Gasteiger partial charge in [-0.05, 0) is 30.8 Å². The highest BCUT2D eigenvalue weighted by Crippen LogP contribution is 2.29. The fraction of sp³-hybridized carbons (Fsp3) is 0.700. The van der Waals surface area contributed by atoms with Gasteiger partial charge in [-0.3, -0.25) is 4.68 Å². The smallest absolute Gasteiger partial charge is 0.311 e. The quantitative estimate of drug-likeness (QED) is 0.770. The highest BCUT2D eigenvalue weighted by Gasteiger charge is 2.27. The molecule has 0 aromatic carbocycles. The van der Waals surface area contributed by atoms with Crippen molar-refractivity contribution in [3.05, 3.63) is 18.0 Å². The molecule has 1 rings (SSSR count). The van der Waals surface area contributed by atoms with Crippen molar-refractivity contribution >= 4 is 11.8 Å². The molecule has 7 heteroatoms. The third-order valence-electron chi connectivity index (χ3n) is 2.11. The molecule has 0 atom stereocenters. The second-order valence-corrected chi connectivity index (χ2v) is 4.68. The van der Waals surface area contributed by atoms with Crippen LogP contribution in [-0.2, 0) is 13.1 Å². The van der Waals surface area contributed by atoms with Crippen molar-refractivity contribution < 1.29 is 13.2 Å². The SMILES string of the molecule is CCCNCc1ccnn1CCSC(F)(F)F. The number of aryl methyl sites for hydroxylation is 1. The van der Waals surface area contributed by atoms with Crippen molar-refractivity contribution in [2.45, 2.75) is 31.9 Å². The van der Waals surface area contributed by atoms with Crippen LogP contribution in [0.1, 0.15) is 19.0 Å². The molecule has 0 bridgehead atoms. The van der Waals surface area contributed by atoms with Crippen molar-refractivity contribution in [2.75, 3.05) is 12.3 Å². The highest BCUT2D eigenvalue weighted by atomic mass is 32.2. The normalized spacial score (nSPS) is 12.0. The van der Waals surface area contributed by atoms with Gasteiger partial charge in [0.05, 0.1) is 12.2 Å². The van der Waals surface area contributed by atoms with Crippen LogP contribution in [0.5, 0.6) is 0 Å². The summed E-state index contributed by atoms with van der Waals surface area (Å²) in [5.41, 5.74) is -3.24. The van der Waals surface area contributed by atoms with Gasteiger partial charge in [0, 0.05) is 18.5 Å². The van der Waals surface area contributed by atoms with Gasteiger partial charge in [-0.1, -0.05) is 6.92 Å². The number of nitrogens with one attached hydrogen (secondary N) is 1. The van der Waals surface area contributed by atoms with E-state index in [0.717, 1.165) is 18.7 Å². The van der Waals surface area contributed by atoms with Gasteiger partial charge >= 0.3 is 5.51 Å². The zero-order valence-corrected chi connectivity index (χ0v) is 10.4. The monoisotopic (exact) mass is 267 g/mol. The van der Waals surface area contributed by atoms with E-state index < -0.39 is 5.51 Å². The Labute approximate surface area is 103 Å². The summed E-state index contributed by atoms with van der Waals surface area (Å²) < 4.78 is 37.5. The Kier molecular flexibility index (Phi) is 5.84. The Morgan fingerprint density at radius 1 is 1.47 bits per heavy atom. The molecule has 1 aromatic rings. The van der Waals surface area contributed by atoms with Gasteiger partial charge in [-0.2, -0.15) is 18.3 Å². The molecule has 0 amide bonds. The number of aromatic nitrogens is 2. The van der Waals surface area contributed by atoms with Gasteiger partial charge in [-0.15, -0.1) is 0 Å². The van der Waals surface area contributed by atoms with Crippen LogP contribution in [0.4, 0.5) is 13.2 Å². The summed E-state index contributed by atoms with van der Waals surface area (Å²) in [6, 6.07) is 1.82. The Hall–Kier alpha value is -0.690. The van der Waals surface area contributed by atoms with Crippen molar-refractivity contribution in [3.63, 3.8) is 0 Å². The van der Waals surface area contributed by atoms with Crippen molar-refractivity contribution in [3.8, 4) is 0 Å². The van der Waals surface area contributed by atoms with E-state index >= 15 is 0 Å². The van der Waals surface area contributed by atoms with Crippen molar-refractivity contribution in [1.82, 2.24) is 15.1 Å². The molecule has 0 aliphatic rings. The molecule has 0 aliphatic heterocycles. The Balaban J connectivity index is 2.35. The van der Waals surface area contributed by atoms with E-state index in [1.54, 1.807) is 10.9 Å². The number of hydrogen-bond donors (Lipinski definition) is 1. The second-order valence-electron chi connectivity index (χ2n) is 3.52. The maximum Gasteiger partial charge on any atom is 0.441 e. The first-order valence-electron chi connectivity index (χ1n) is 5.45. The maximum absolute atomic E-state index is 12.0. The van der Waals surface area contributed by atoms with Crippen LogP contribution in [0.25, 0.3) is 0 Å². The summed E-state index contributed by atoms with van der Waals surface area (Å²) in [5, 5.41) is 7.21. The van der Waals surface area contributed by atoms with E-state index in [9.17, 15) is 13.2 Å². The van der Waals surface area contributed by atoms with E-state index in [-0.39, 0.29) is 24.1 Å². The molecule has 0 aliphatic carbocycles. The fourth-order valence-corrected chi connectivity index (χ4v) is 1.85. The number of nitrogens with zero attached hydrogens (tertiary/aromatic N) is 2. The average Bonchev–Trinajstić information content (AvgIpc) is 2.64. The van der Waals surface area contributed by atoms with Crippen LogP contribution in [-0.4, -0.2) is 27.6 Å². The first kappa shape index (κ1) is 14.4. The van der Waals surface area contributed by atoms with Gasteiger partial charge < -0.3 is 5.32 Å². The van der Waals surface area contributed by atoms with E-state index in [1.807, 2.05) is 6.07 Å². The molecule has 0 spiro atoms. The molecule has 1 N–H and O–H groups in total. The molecule has 0 saturated carbocycles. The molecule has 1 heterocycles. The van der Waals surface area contributed by atoms with Crippen LogP contribution < -0.4 is 5.32 Å².